The van der Waals surface area contributed by atoms with Crippen LogP contribution in [0.25, 0.3) is 0 Å². The zero-order valence-electron chi connectivity index (χ0n) is 8.41. The predicted molar refractivity (Wildman–Crippen MR) is 57.7 cm³/mol. The molecular formula is C10H19ClNO+. The van der Waals surface area contributed by atoms with E-state index in [4.69, 9.17) is 11.6 Å². The van der Waals surface area contributed by atoms with Crippen LogP contribution in [0, 0.1) is 0 Å². The van der Waals surface area contributed by atoms with Crippen LogP contribution in [0.5, 0.6) is 0 Å². The lowest BCUT2D eigenvalue weighted by molar-refractivity contribution is -0.901. The molecule has 0 radical (unpaired) electrons. The van der Waals surface area contributed by atoms with Crippen molar-refractivity contribution in [1.29, 1.82) is 0 Å². The second-order valence-corrected chi connectivity index (χ2v) is 3.92. The van der Waals surface area contributed by atoms with E-state index in [9.17, 15) is 5.11 Å². The monoisotopic (exact) mass is 204 g/mol. The zero-order valence-corrected chi connectivity index (χ0v) is 9.17. The first-order chi connectivity index (χ1) is 6.04. The summed E-state index contributed by atoms with van der Waals surface area (Å²) >= 11 is 5.47. The van der Waals surface area contributed by atoms with Crippen molar-refractivity contribution >= 4 is 11.6 Å². The van der Waals surface area contributed by atoms with Crippen LogP contribution >= 0.6 is 11.6 Å². The van der Waals surface area contributed by atoms with Crippen LogP contribution in [0.1, 0.15) is 6.92 Å². The number of nitrogens with zero attached hydrogens (tertiary/aromatic N) is 1. The molecule has 0 bridgehead atoms. The molecule has 0 saturated heterocycles. The van der Waals surface area contributed by atoms with Gasteiger partial charge in [-0.25, -0.2) is 0 Å². The molecule has 0 heterocycles. The number of aliphatic hydroxyl groups is 1. The molecule has 0 saturated carbocycles. The maximum absolute atomic E-state index is 9.31. The van der Waals surface area contributed by atoms with Crippen molar-refractivity contribution in [3.63, 3.8) is 0 Å². The second kappa shape index (κ2) is 6.19. The van der Waals surface area contributed by atoms with Gasteiger partial charge in [0.05, 0.1) is 20.1 Å². The quantitative estimate of drug-likeness (QED) is 0.517. The molecule has 0 spiro atoms. The largest absolute Gasteiger partial charge is 0.388 e. The van der Waals surface area contributed by atoms with Crippen molar-refractivity contribution in [2.24, 2.45) is 0 Å². The Morgan fingerprint density at radius 3 is 2.54 bits per heavy atom. The van der Waals surface area contributed by atoms with E-state index in [1.165, 1.54) is 5.54 Å². The summed E-state index contributed by atoms with van der Waals surface area (Å²) in [7, 11) is 2.07. The number of hydrogen-bond donors (Lipinski definition) is 1. The van der Waals surface area contributed by atoms with Crippen molar-refractivity contribution in [2.75, 3.05) is 26.7 Å². The van der Waals surface area contributed by atoms with Gasteiger partial charge in [0.15, 0.2) is 0 Å². The lowest BCUT2D eigenvalue weighted by atomic mass is 10.3. The first kappa shape index (κ1) is 12.7. The molecule has 2 atom stereocenters. The first-order valence-electron chi connectivity index (χ1n) is 4.42. The SMILES string of the molecule is C=CC[N+](C)(CC=CCl)CC(C)O. The highest BCUT2D eigenvalue weighted by molar-refractivity contribution is 6.25. The van der Waals surface area contributed by atoms with E-state index in [-0.39, 0.29) is 6.10 Å². The summed E-state index contributed by atoms with van der Waals surface area (Å²) in [6, 6.07) is 0. The van der Waals surface area contributed by atoms with Crippen LogP contribution in [0.2, 0.25) is 0 Å². The molecule has 0 aromatic heterocycles. The zero-order chi connectivity index (χ0) is 10.3. The van der Waals surface area contributed by atoms with Gasteiger partial charge >= 0.3 is 0 Å². The van der Waals surface area contributed by atoms with Gasteiger partial charge in [0.25, 0.3) is 0 Å². The third-order valence-electron chi connectivity index (χ3n) is 1.91. The van der Waals surface area contributed by atoms with Crippen molar-refractivity contribution in [2.45, 2.75) is 13.0 Å². The Morgan fingerprint density at radius 1 is 1.54 bits per heavy atom. The third-order valence-corrected chi connectivity index (χ3v) is 2.09. The van der Waals surface area contributed by atoms with Gasteiger partial charge in [-0.2, -0.15) is 0 Å². The van der Waals surface area contributed by atoms with Crippen LogP contribution < -0.4 is 0 Å². The standard InChI is InChI=1S/C10H19ClNO/c1-4-7-12(3,8-5-6-11)9-10(2)13/h4-6,10,13H,1,7-9H2,2-3H3/q+1. The molecule has 0 aliphatic rings. The fourth-order valence-electron chi connectivity index (χ4n) is 1.47. The minimum Gasteiger partial charge on any atom is -0.388 e. The molecule has 0 aliphatic carbocycles. The van der Waals surface area contributed by atoms with Crippen LogP contribution in [-0.4, -0.2) is 42.4 Å². The molecule has 2 unspecified atom stereocenters. The van der Waals surface area contributed by atoms with E-state index in [0.29, 0.717) is 6.54 Å². The lowest BCUT2D eigenvalue weighted by Gasteiger charge is -2.33. The molecule has 0 aliphatic heterocycles. The summed E-state index contributed by atoms with van der Waals surface area (Å²) in [5.74, 6) is 0. The Balaban J connectivity index is 4.22. The molecule has 0 fully saturated rings. The molecule has 0 rings (SSSR count). The van der Waals surface area contributed by atoms with E-state index in [1.54, 1.807) is 6.92 Å². The van der Waals surface area contributed by atoms with E-state index in [1.807, 2.05) is 12.2 Å². The van der Waals surface area contributed by atoms with Gasteiger partial charge in [-0.3, -0.25) is 0 Å². The smallest absolute Gasteiger partial charge is 0.105 e. The second-order valence-electron chi connectivity index (χ2n) is 3.67. The summed E-state index contributed by atoms with van der Waals surface area (Å²) in [4.78, 5) is 0. The number of likely N-dealkylation sites (N-methyl/N-ethyl adjacent to an activating group) is 1. The van der Waals surface area contributed by atoms with Gasteiger partial charge in [-0.1, -0.05) is 18.2 Å². The molecule has 76 valence electrons. The lowest BCUT2D eigenvalue weighted by Crippen LogP contribution is -2.48. The van der Waals surface area contributed by atoms with Crippen molar-refractivity contribution in [3.05, 3.63) is 24.3 Å². The minimum absolute atomic E-state index is 0.298. The Bertz CT molecular complexity index is 180. The third kappa shape index (κ3) is 5.86. The van der Waals surface area contributed by atoms with Crippen molar-refractivity contribution in [3.8, 4) is 0 Å². The molecule has 3 heteroatoms. The van der Waals surface area contributed by atoms with Gasteiger partial charge in [-0.15, -0.1) is 0 Å². The van der Waals surface area contributed by atoms with Crippen LogP contribution in [0.3, 0.4) is 0 Å². The molecule has 0 amide bonds. The molecule has 0 aromatic carbocycles. The fourth-order valence-corrected chi connectivity index (χ4v) is 1.55. The van der Waals surface area contributed by atoms with Gasteiger partial charge in [0.1, 0.15) is 12.6 Å². The van der Waals surface area contributed by atoms with Crippen LogP contribution in [0.15, 0.2) is 24.3 Å². The number of aliphatic hydroxyl groups excluding tert-OH is 1. The van der Waals surface area contributed by atoms with Gasteiger partial charge in [0.2, 0.25) is 0 Å². The van der Waals surface area contributed by atoms with E-state index >= 15 is 0 Å². The van der Waals surface area contributed by atoms with E-state index in [2.05, 4.69) is 13.6 Å². The van der Waals surface area contributed by atoms with Crippen molar-refractivity contribution < 1.29 is 9.59 Å². The Morgan fingerprint density at radius 2 is 2.15 bits per heavy atom. The normalized spacial score (nSPS) is 18.5. The molecule has 13 heavy (non-hydrogen) atoms. The maximum Gasteiger partial charge on any atom is 0.105 e. The summed E-state index contributed by atoms with van der Waals surface area (Å²) < 4.78 is 0.740. The Labute approximate surface area is 85.7 Å². The van der Waals surface area contributed by atoms with Gasteiger partial charge in [0, 0.05) is 5.54 Å². The average Bonchev–Trinajstić information content (AvgIpc) is 2.00. The number of rotatable bonds is 6. The van der Waals surface area contributed by atoms with Crippen LogP contribution in [0.4, 0.5) is 0 Å². The summed E-state index contributed by atoms with van der Waals surface area (Å²) in [6.07, 6.45) is 3.46. The number of halogens is 1. The van der Waals surface area contributed by atoms with E-state index in [0.717, 1.165) is 17.6 Å². The highest BCUT2D eigenvalue weighted by Crippen LogP contribution is 2.05. The highest BCUT2D eigenvalue weighted by atomic mass is 35.5. The average molecular weight is 205 g/mol. The van der Waals surface area contributed by atoms with Crippen molar-refractivity contribution in [1.82, 2.24) is 0 Å². The number of hydrogen-bond acceptors (Lipinski definition) is 1. The number of quaternary nitrogens is 1. The van der Waals surface area contributed by atoms with Crippen LogP contribution in [-0.2, 0) is 0 Å². The topological polar surface area (TPSA) is 20.2 Å². The summed E-state index contributed by atoms with van der Waals surface area (Å²) in [5.41, 5.74) is 1.52. The fraction of sp³-hybridized carbons (Fsp3) is 0.600. The summed E-state index contributed by atoms with van der Waals surface area (Å²) in [5, 5.41) is 9.31. The Hall–Kier alpha value is -0.310. The highest BCUT2D eigenvalue weighted by Gasteiger charge is 2.20. The molecule has 1 N–H and O–H groups in total. The Kier molecular flexibility index (Phi) is 6.04. The van der Waals surface area contributed by atoms with E-state index < -0.39 is 0 Å². The first-order valence-corrected chi connectivity index (χ1v) is 4.85. The minimum atomic E-state index is -0.298. The summed E-state index contributed by atoms with van der Waals surface area (Å²) in [6.45, 7) is 7.88. The molecule has 0 aromatic rings. The molecular weight excluding hydrogens is 186 g/mol. The maximum atomic E-state index is 9.31. The molecule has 2 nitrogen and oxygen atoms in total. The van der Waals surface area contributed by atoms with Gasteiger partial charge < -0.3 is 9.59 Å². The van der Waals surface area contributed by atoms with Gasteiger partial charge in [-0.05, 0) is 19.1 Å². The predicted octanol–water partition coefficient (Wildman–Crippen LogP) is 1.75.